The van der Waals surface area contributed by atoms with Crippen molar-refractivity contribution in [1.82, 2.24) is 9.80 Å². The third-order valence-corrected chi connectivity index (χ3v) is 7.06. The SMILES string of the molecule is Cc1ccc(OC[C@@H]2c3ccsc3CCN2C(=O)CN(CC(C)C)C(=O)c2ccccc2)cc1. The molecule has 1 atom stereocenters. The average Bonchev–Trinajstić information content (AvgIpc) is 3.32. The summed E-state index contributed by atoms with van der Waals surface area (Å²) in [5.74, 6) is 0.898. The molecule has 3 aromatic rings. The number of ether oxygens (including phenoxy) is 1. The van der Waals surface area contributed by atoms with Gasteiger partial charge in [-0.15, -0.1) is 11.3 Å². The molecule has 0 aliphatic carbocycles. The Bertz CT molecular complexity index is 1110. The molecule has 2 amide bonds. The van der Waals surface area contributed by atoms with E-state index in [-0.39, 0.29) is 30.3 Å². The van der Waals surface area contributed by atoms with Crippen LogP contribution >= 0.6 is 11.3 Å². The van der Waals surface area contributed by atoms with E-state index < -0.39 is 0 Å². The second-order valence-corrected chi connectivity index (χ2v) is 10.2. The van der Waals surface area contributed by atoms with Crippen LogP contribution in [-0.2, 0) is 11.2 Å². The van der Waals surface area contributed by atoms with Crippen molar-refractivity contribution in [3.8, 4) is 5.75 Å². The molecule has 1 aromatic heterocycles. The van der Waals surface area contributed by atoms with E-state index in [2.05, 4.69) is 25.3 Å². The maximum absolute atomic E-state index is 13.6. The number of rotatable bonds is 8. The zero-order chi connectivity index (χ0) is 24.1. The summed E-state index contributed by atoms with van der Waals surface area (Å²) in [6.07, 6.45) is 0.830. The largest absolute Gasteiger partial charge is 0.491 e. The lowest BCUT2D eigenvalue weighted by Crippen LogP contribution is -2.48. The molecule has 6 heteroatoms. The van der Waals surface area contributed by atoms with Gasteiger partial charge in [-0.25, -0.2) is 0 Å². The summed E-state index contributed by atoms with van der Waals surface area (Å²) in [4.78, 5) is 31.7. The van der Waals surface area contributed by atoms with E-state index in [0.29, 0.717) is 25.3 Å². The van der Waals surface area contributed by atoms with Crippen molar-refractivity contribution in [2.75, 3.05) is 26.2 Å². The highest BCUT2D eigenvalue weighted by atomic mass is 32.1. The molecule has 5 nitrogen and oxygen atoms in total. The topological polar surface area (TPSA) is 49.9 Å². The van der Waals surface area contributed by atoms with Crippen LogP contribution in [0.25, 0.3) is 0 Å². The van der Waals surface area contributed by atoms with Gasteiger partial charge in [-0.05, 0) is 60.5 Å². The van der Waals surface area contributed by atoms with E-state index in [1.54, 1.807) is 28.4 Å². The molecule has 0 bridgehead atoms. The van der Waals surface area contributed by atoms with Crippen molar-refractivity contribution in [3.05, 3.63) is 87.6 Å². The molecule has 1 aliphatic rings. The van der Waals surface area contributed by atoms with Crippen LogP contribution < -0.4 is 4.74 Å². The summed E-state index contributed by atoms with van der Waals surface area (Å²) in [6, 6.07) is 19.1. The number of carbonyl (C=O) groups excluding carboxylic acids is 2. The van der Waals surface area contributed by atoms with E-state index >= 15 is 0 Å². The smallest absolute Gasteiger partial charge is 0.254 e. The van der Waals surface area contributed by atoms with Crippen molar-refractivity contribution in [3.63, 3.8) is 0 Å². The molecule has 0 N–H and O–H groups in total. The molecule has 0 radical (unpaired) electrons. The first-order valence-electron chi connectivity index (χ1n) is 11.8. The summed E-state index contributed by atoms with van der Waals surface area (Å²) in [5.41, 5.74) is 2.94. The van der Waals surface area contributed by atoms with Crippen LogP contribution in [0.2, 0.25) is 0 Å². The Kier molecular flexibility index (Phi) is 7.68. The second kappa shape index (κ2) is 10.9. The number of amides is 2. The van der Waals surface area contributed by atoms with E-state index in [1.165, 1.54) is 10.4 Å². The van der Waals surface area contributed by atoms with Gasteiger partial charge in [-0.2, -0.15) is 0 Å². The lowest BCUT2D eigenvalue weighted by atomic mass is 10.00. The second-order valence-electron chi connectivity index (χ2n) is 9.22. The quantitative estimate of drug-likeness (QED) is 0.440. The molecule has 1 aliphatic heterocycles. The van der Waals surface area contributed by atoms with Gasteiger partial charge in [-0.3, -0.25) is 9.59 Å². The summed E-state index contributed by atoms with van der Waals surface area (Å²) in [5, 5.41) is 2.08. The van der Waals surface area contributed by atoms with Gasteiger partial charge < -0.3 is 14.5 Å². The predicted octanol–water partition coefficient (Wildman–Crippen LogP) is 5.36. The standard InChI is InChI=1S/C28H32N2O3S/c1-20(2)17-29(28(32)22-7-5-4-6-8-22)18-27(31)30-15-13-26-24(14-16-34-26)25(30)19-33-23-11-9-21(3)10-12-23/h4-12,14,16,20,25H,13,15,17-19H2,1-3H3/t25-/m1/s1. The molecule has 4 rings (SSSR count). The van der Waals surface area contributed by atoms with Gasteiger partial charge in [0.15, 0.2) is 0 Å². The Morgan fingerprint density at radius 3 is 2.53 bits per heavy atom. The van der Waals surface area contributed by atoms with Crippen molar-refractivity contribution in [2.24, 2.45) is 5.92 Å². The predicted molar refractivity (Wildman–Crippen MR) is 136 cm³/mol. The molecule has 0 unspecified atom stereocenters. The van der Waals surface area contributed by atoms with Gasteiger partial charge in [0, 0.05) is 23.5 Å². The Morgan fingerprint density at radius 1 is 1.09 bits per heavy atom. The lowest BCUT2D eigenvalue weighted by molar-refractivity contribution is -0.135. The number of nitrogens with zero attached hydrogens (tertiary/aromatic N) is 2. The first kappa shape index (κ1) is 24.0. The Morgan fingerprint density at radius 2 is 1.82 bits per heavy atom. The summed E-state index contributed by atoms with van der Waals surface area (Å²) in [6.45, 7) is 7.77. The maximum atomic E-state index is 13.6. The van der Waals surface area contributed by atoms with Crippen LogP contribution in [-0.4, -0.2) is 47.9 Å². The third kappa shape index (κ3) is 5.68. The average molecular weight is 477 g/mol. The fraction of sp³-hybridized carbons (Fsp3) is 0.357. The highest BCUT2D eigenvalue weighted by molar-refractivity contribution is 7.10. The van der Waals surface area contributed by atoms with Gasteiger partial charge in [0.25, 0.3) is 5.91 Å². The number of fused-ring (bicyclic) bond motifs is 1. The van der Waals surface area contributed by atoms with Crippen molar-refractivity contribution >= 4 is 23.2 Å². The Labute approximate surface area is 206 Å². The summed E-state index contributed by atoms with van der Waals surface area (Å²) in [7, 11) is 0. The molecule has 0 saturated heterocycles. The zero-order valence-electron chi connectivity index (χ0n) is 20.1. The first-order valence-corrected chi connectivity index (χ1v) is 12.7. The van der Waals surface area contributed by atoms with Crippen molar-refractivity contribution in [2.45, 2.75) is 33.2 Å². The van der Waals surface area contributed by atoms with Gasteiger partial charge in [0.2, 0.25) is 5.91 Å². The normalized spacial score (nSPS) is 15.2. The molecule has 178 valence electrons. The summed E-state index contributed by atoms with van der Waals surface area (Å²) >= 11 is 1.73. The minimum Gasteiger partial charge on any atom is -0.491 e. The monoisotopic (exact) mass is 476 g/mol. The maximum Gasteiger partial charge on any atom is 0.254 e. The van der Waals surface area contributed by atoms with Crippen LogP contribution in [0.3, 0.4) is 0 Å². The van der Waals surface area contributed by atoms with Crippen LogP contribution in [0.4, 0.5) is 0 Å². The molecule has 0 saturated carbocycles. The number of carbonyl (C=O) groups is 2. The molecule has 0 fully saturated rings. The number of hydrogen-bond acceptors (Lipinski definition) is 4. The number of hydrogen-bond donors (Lipinski definition) is 0. The molecule has 0 spiro atoms. The van der Waals surface area contributed by atoms with E-state index in [0.717, 1.165) is 17.7 Å². The zero-order valence-corrected chi connectivity index (χ0v) is 20.9. The molecule has 2 heterocycles. The third-order valence-electron chi connectivity index (χ3n) is 6.06. The minimum atomic E-state index is -0.170. The number of benzene rings is 2. The van der Waals surface area contributed by atoms with E-state index in [1.807, 2.05) is 54.3 Å². The van der Waals surface area contributed by atoms with Crippen LogP contribution in [0.5, 0.6) is 5.75 Å². The Hall–Kier alpha value is -3.12. The highest BCUT2D eigenvalue weighted by Crippen LogP contribution is 2.34. The van der Waals surface area contributed by atoms with Gasteiger partial charge in [-0.1, -0.05) is 49.7 Å². The number of thiophene rings is 1. The molecular formula is C28H32N2O3S. The lowest BCUT2D eigenvalue weighted by Gasteiger charge is -2.37. The Balaban J connectivity index is 1.52. The first-order chi connectivity index (χ1) is 16.4. The van der Waals surface area contributed by atoms with E-state index in [9.17, 15) is 9.59 Å². The fourth-order valence-corrected chi connectivity index (χ4v) is 5.29. The molecular weight excluding hydrogens is 444 g/mol. The summed E-state index contributed by atoms with van der Waals surface area (Å²) < 4.78 is 6.12. The molecule has 2 aromatic carbocycles. The van der Waals surface area contributed by atoms with Crippen molar-refractivity contribution < 1.29 is 14.3 Å². The van der Waals surface area contributed by atoms with Crippen LogP contribution in [0, 0.1) is 12.8 Å². The van der Waals surface area contributed by atoms with Gasteiger partial charge in [0.1, 0.15) is 18.9 Å². The van der Waals surface area contributed by atoms with Crippen molar-refractivity contribution in [1.29, 1.82) is 0 Å². The van der Waals surface area contributed by atoms with Crippen LogP contribution in [0.1, 0.15) is 46.3 Å². The molecule has 34 heavy (non-hydrogen) atoms. The van der Waals surface area contributed by atoms with Gasteiger partial charge >= 0.3 is 0 Å². The fourth-order valence-electron chi connectivity index (χ4n) is 4.36. The number of aryl methyl sites for hydroxylation is 1. The van der Waals surface area contributed by atoms with Crippen LogP contribution in [0.15, 0.2) is 66.0 Å². The highest BCUT2D eigenvalue weighted by Gasteiger charge is 2.33. The minimum absolute atomic E-state index is 0.0423. The van der Waals surface area contributed by atoms with Gasteiger partial charge in [0.05, 0.1) is 6.04 Å². The van der Waals surface area contributed by atoms with E-state index in [4.69, 9.17) is 4.74 Å².